The summed E-state index contributed by atoms with van der Waals surface area (Å²) < 4.78 is 5.42. The second-order valence-corrected chi connectivity index (χ2v) is 3.08. The first-order valence-electron chi connectivity index (χ1n) is 3.25. The highest BCUT2D eigenvalue weighted by atomic mass is 32.2. The molecule has 0 aliphatic carbocycles. The molecule has 2 N–H and O–H groups in total. The Morgan fingerprint density at radius 2 is 2.40 bits per heavy atom. The molecule has 0 amide bonds. The normalized spacial score (nSPS) is 16.3. The molecule has 2 unspecified atom stereocenters. The Balaban J connectivity index is 3.51. The molecular formula is C7H15NOS. The fraction of sp³-hybridized carbons (Fsp3) is 0.714. The van der Waals surface area contributed by atoms with Crippen LogP contribution in [0.5, 0.6) is 0 Å². The monoisotopic (exact) mass is 161 g/mol. The van der Waals surface area contributed by atoms with Crippen LogP contribution in [0.15, 0.2) is 12.7 Å². The summed E-state index contributed by atoms with van der Waals surface area (Å²) in [7, 11) is 0. The lowest BCUT2D eigenvalue weighted by atomic mass is 10.3. The van der Waals surface area contributed by atoms with Gasteiger partial charge in [-0.15, -0.1) is 18.3 Å². The average Bonchev–Trinajstić information content (AvgIpc) is 1.99. The predicted octanol–water partition coefficient (Wildman–Crippen LogP) is 1.23. The Hall–Kier alpha value is 0.0100. The maximum atomic E-state index is 5.42. The van der Waals surface area contributed by atoms with E-state index >= 15 is 0 Å². The molecule has 0 heterocycles. The molecular weight excluding hydrogens is 146 g/mol. The highest BCUT2D eigenvalue weighted by molar-refractivity contribution is 7.99. The van der Waals surface area contributed by atoms with Crippen LogP contribution >= 0.6 is 11.8 Å². The molecule has 10 heavy (non-hydrogen) atoms. The summed E-state index contributed by atoms with van der Waals surface area (Å²) in [6.07, 6.45) is 3.73. The van der Waals surface area contributed by atoms with Gasteiger partial charge < -0.3 is 10.5 Å². The molecule has 0 spiro atoms. The van der Waals surface area contributed by atoms with Crippen LogP contribution in [0.25, 0.3) is 0 Å². The van der Waals surface area contributed by atoms with E-state index in [4.69, 9.17) is 10.5 Å². The zero-order valence-electron chi connectivity index (χ0n) is 6.54. The van der Waals surface area contributed by atoms with Crippen molar-refractivity contribution in [3.8, 4) is 0 Å². The highest BCUT2D eigenvalue weighted by Gasteiger charge is 2.05. The van der Waals surface area contributed by atoms with Crippen molar-refractivity contribution < 1.29 is 4.74 Å². The fourth-order valence-corrected chi connectivity index (χ4v) is 0.763. The zero-order chi connectivity index (χ0) is 7.98. The van der Waals surface area contributed by atoms with Crippen molar-refractivity contribution >= 4 is 11.8 Å². The van der Waals surface area contributed by atoms with Crippen LogP contribution in [0, 0.1) is 0 Å². The zero-order valence-corrected chi connectivity index (χ0v) is 7.36. The Morgan fingerprint density at radius 3 is 2.70 bits per heavy atom. The third-order valence-corrected chi connectivity index (χ3v) is 1.97. The van der Waals surface area contributed by atoms with Crippen molar-refractivity contribution in [3.63, 3.8) is 0 Å². The van der Waals surface area contributed by atoms with Crippen LogP contribution in [0.1, 0.15) is 6.92 Å². The van der Waals surface area contributed by atoms with Gasteiger partial charge in [-0.1, -0.05) is 6.08 Å². The molecule has 0 rings (SSSR count). The minimum Gasteiger partial charge on any atom is -0.359 e. The van der Waals surface area contributed by atoms with Crippen LogP contribution in [-0.4, -0.2) is 24.3 Å². The summed E-state index contributed by atoms with van der Waals surface area (Å²) in [6, 6.07) is 0. The maximum absolute atomic E-state index is 5.42. The third-order valence-electron chi connectivity index (χ3n) is 1.19. The molecule has 0 fully saturated rings. The molecule has 0 saturated heterocycles. The number of nitrogens with two attached hydrogens (primary N) is 1. The summed E-state index contributed by atoms with van der Waals surface area (Å²) in [6.45, 7) is 6.11. The van der Waals surface area contributed by atoms with Gasteiger partial charge in [0.05, 0.1) is 6.10 Å². The number of ether oxygens (including phenoxy) is 1. The summed E-state index contributed by atoms with van der Waals surface area (Å²) in [5.41, 5.74) is 5.58. The first-order chi connectivity index (χ1) is 4.74. The molecule has 2 nitrogen and oxygen atoms in total. The molecule has 3 heteroatoms. The van der Waals surface area contributed by atoms with Crippen molar-refractivity contribution in [3.05, 3.63) is 12.7 Å². The minimum atomic E-state index is 0.00227. The number of thioether (sulfide) groups is 1. The standard InChI is InChI=1S/C7H15NOS/c1-4-7(5-8)9-6(2)10-3/h4,6-7H,1,5,8H2,2-3H3. The fourth-order valence-electron chi connectivity index (χ4n) is 0.509. The van der Waals surface area contributed by atoms with Gasteiger partial charge in [0.15, 0.2) is 0 Å². The van der Waals surface area contributed by atoms with Gasteiger partial charge in [0, 0.05) is 6.54 Å². The van der Waals surface area contributed by atoms with E-state index in [1.54, 1.807) is 17.8 Å². The summed E-state index contributed by atoms with van der Waals surface area (Å²) in [5.74, 6) is 0. The van der Waals surface area contributed by atoms with Gasteiger partial charge in [-0.25, -0.2) is 0 Å². The molecule has 0 aliphatic heterocycles. The molecule has 0 aromatic heterocycles. The Labute approximate surface area is 66.8 Å². The molecule has 0 aromatic rings. The second kappa shape index (κ2) is 5.77. The quantitative estimate of drug-likeness (QED) is 0.486. The maximum Gasteiger partial charge on any atom is 0.101 e. The van der Waals surface area contributed by atoms with E-state index in [0.29, 0.717) is 6.54 Å². The third kappa shape index (κ3) is 3.93. The summed E-state index contributed by atoms with van der Waals surface area (Å²) >= 11 is 1.66. The Kier molecular flexibility index (Phi) is 5.78. The lowest BCUT2D eigenvalue weighted by Crippen LogP contribution is -2.24. The van der Waals surface area contributed by atoms with Gasteiger partial charge in [-0.3, -0.25) is 0 Å². The van der Waals surface area contributed by atoms with Crippen molar-refractivity contribution in [2.24, 2.45) is 5.73 Å². The largest absolute Gasteiger partial charge is 0.359 e. The SMILES string of the molecule is C=CC(CN)OC(C)SC. The number of hydrogen-bond acceptors (Lipinski definition) is 3. The van der Waals surface area contributed by atoms with E-state index in [0.717, 1.165) is 0 Å². The van der Waals surface area contributed by atoms with Crippen molar-refractivity contribution in [2.45, 2.75) is 18.5 Å². The highest BCUT2D eigenvalue weighted by Crippen LogP contribution is 2.09. The lowest BCUT2D eigenvalue weighted by Gasteiger charge is -2.15. The van der Waals surface area contributed by atoms with E-state index in [9.17, 15) is 0 Å². The van der Waals surface area contributed by atoms with Crippen molar-refractivity contribution in [2.75, 3.05) is 12.8 Å². The van der Waals surface area contributed by atoms with Crippen LogP contribution in [0.2, 0.25) is 0 Å². The van der Waals surface area contributed by atoms with E-state index in [-0.39, 0.29) is 11.5 Å². The lowest BCUT2D eigenvalue weighted by molar-refractivity contribution is 0.0813. The first-order valence-corrected chi connectivity index (χ1v) is 4.54. The van der Waals surface area contributed by atoms with Gasteiger partial charge in [0.1, 0.15) is 5.44 Å². The number of hydrogen-bond donors (Lipinski definition) is 1. The predicted molar refractivity (Wildman–Crippen MR) is 47.1 cm³/mol. The van der Waals surface area contributed by atoms with Crippen LogP contribution in [-0.2, 0) is 4.74 Å². The molecule has 2 atom stereocenters. The van der Waals surface area contributed by atoms with Crippen LogP contribution < -0.4 is 5.73 Å². The van der Waals surface area contributed by atoms with Crippen LogP contribution in [0.3, 0.4) is 0 Å². The second-order valence-electron chi connectivity index (χ2n) is 1.95. The van der Waals surface area contributed by atoms with E-state index in [1.807, 2.05) is 13.2 Å². The first kappa shape index (κ1) is 10.0. The van der Waals surface area contributed by atoms with E-state index in [1.165, 1.54) is 0 Å². The van der Waals surface area contributed by atoms with E-state index < -0.39 is 0 Å². The van der Waals surface area contributed by atoms with Crippen molar-refractivity contribution in [1.82, 2.24) is 0 Å². The van der Waals surface area contributed by atoms with Gasteiger partial charge in [0.2, 0.25) is 0 Å². The molecule has 0 aliphatic rings. The summed E-state index contributed by atoms with van der Waals surface area (Å²) in [5, 5.41) is 0. The Bertz CT molecular complexity index is 97.6. The molecule has 0 bridgehead atoms. The molecule has 0 aromatic carbocycles. The van der Waals surface area contributed by atoms with E-state index in [2.05, 4.69) is 6.58 Å². The van der Waals surface area contributed by atoms with Crippen LogP contribution in [0.4, 0.5) is 0 Å². The van der Waals surface area contributed by atoms with Gasteiger partial charge in [-0.05, 0) is 13.2 Å². The smallest absolute Gasteiger partial charge is 0.101 e. The van der Waals surface area contributed by atoms with Gasteiger partial charge in [0.25, 0.3) is 0 Å². The number of rotatable bonds is 5. The topological polar surface area (TPSA) is 35.2 Å². The van der Waals surface area contributed by atoms with Gasteiger partial charge in [-0.2, -0.15) is 0 Å². The van der Waals surface area contributed by atoms with Gasteiger partial charge >= 0.3 is 0 Å². The minimum absolute atomic E-state index is 0.00227. The molecule has 0 saturated carbocycles. The van der Waals surface area contributed by atoms with Crippen molar-refractivity contribution in [1.29, 1.82) is 0 Å². The molecule has 60 valence electrons. The Morgan fingerprint density at radius 1 is 1.80 bits per heavy atom. The summed E-state index contributed by atoms with van der Waals surface area (Å²) in [4.78, 5) is 0. The molecule has 0 radical (unpaired) electrons. The average molecular weight is 161 g/mol.